The summed E-state index contributed by atoms with van der Waals surface area (Å²) in [6.45, 7) is 3.52. The van der Waals surface area contributed by atoms with Crippen molar-refractivity contribution in [2.45, 2.75) is 12.3 Å². The Hall–Kier alpha value is -0.440. The third-order valence-electron chi connectivity index (χ3n) is 2.79. The molecule has 1 aromatic carbocycles. The molecule has 1 saturated heterocycles. The van der Waals surface area contributed by atoms with Crippen LogP contribution in [0.1, 0.15) is 12.0 Å². The zero-order valence-corrected chi connectivity index (χ0v) is 10.6. The summed E-state index contributed by atoms with van der Waals surface area (Å²) in [7, 11) is 0. The minimum absolute atomic E-state index is 0.451. The van der Waals surface area contributed by atoms with E-state index in [1.165, 1.54) is 0 Å². The largest absolute Gasteiger partial charge is 0.380 e. The number of hydrogen-bond donors (Lipinski definition) is 0. The highest BCUT2D eigenvalue weighted by Gasteiger charge is 2.14. The number of hydrogen-bond acceptors (Lipinski definition) is 2. The molecule has 2 nitrogen and oxygen atoms in total. The Bertz CT molecular complexity index is 349. The molecular weight excluding hydrogens is 245 g/mol. The van der Waals surface area contributed by atoms with E-state index >= 15 is 0 Å². The van der Waals surface area contributed by atoms with E-state index in [1.54, 1.807) is 0 Å². The van der Waals surface area contributed by atoms with Crippen LogP contribution in [0.5, 0.6) is 0 Å². The molecule has 0 atom stereocenters. The van der Waals surface area contributed by atoms with Gasteiger partial charge >= 0.3 is 0 Å². The molecule has 1 aromatic rings. The average molecular weight is 260 g/mol. The van der Waals surface area contributed by atoms with Crippen molar-refractivity contribution in [1.82, 2.24) is 0 Å². The Morgan fingerprint density at radius 1 is 1.25 bits per heavy atom. The molecule has 0 saturated carbocycles. The van der Waals surface area contributed by atoms with Gasteiger partial charge in [-0.05, 0) is 18.6 Å². The summed E-state index contributed by atoms with van der Waals surface area (Å²) in [6.07, 6.45) is 1.05. The van der Waals surface area contributed by atoms with Crippen LogP contribution in [0.3, 0.4) is 0 Å². The van der Waals surface area contributed by atoms with Crippen LogP contribution in [0.2, 0.25) is 5.02 Å². The fraction of sp³-hybridized carbons (Fsp3) is 0.500. The Morgan fingerprint density at radius 3 is 2.94 bits per heavy atom. The van der Waals surface area contributed by atoms with Crippen LogP contribution in [0.25, 0.3) is 0 Å². The van der Waals surface area contributed by atoms with Gasteiger partial charge in [-0.2, -0.15) is 0 Å². The first kappa shape index (κ1) is 12.0. The van der Waals surface area contributed by atoms with E-state index in [-0.39, 0.29) is 0 Å². The monoisotopic (exact) mass is 259 g/mol. The predicted octanol–water partition coefficient (Wildman–Crippen LogP) is 3.31. The number of anilines is 1. The predicted molar refractivity (Wildman–Crippen MR) is 68.7 cm³/mol. The Labute approximate surface area is 106 Å². The maximum atomic E-state index is 6.15. The first-order chi connectivity index (χ1) is 7.83. The zero-order chi connectivity index (χ0) is 11.4. The van der Waals surface area contributed by atoms with Gasteiger partial charge in [-0.25, -0.2) is 0 Å². The molecule has 1 fully saturated rings. The summed E-state index contributed by atoms with van der Waals surface area (Å²) >= 11 is 12.1. The third-order valence-corrected chi connectivity index (χ3v) is 3.41. The number of nitrogens with zero attached hydrogens (tertiary/aromatic N) is 1. The molecule has 0 radical (unpaired) electrons. The Morgan fingerprint density at radius 2 is 2.12 bits per heavy atom. The van der Waals surface area contributed by atoms with E-state index < -0.39 is 0 Å². The second kappa shape index (κ2) is 5.76. The zero-order valence-electron chi connectivity index (χ0n) is 9.09. The molecule has 0 aliphatic carbocycles. The molecule has 88 valence electrons. The molecule has 4 heteroatoms. The van der Waals surface area contributed by atoms with Crippen LogP contribution in [0.4, 0.5) is 5.69 Å². The highest BCUT2D eigenvalue weighted by Crippen LogP contribution is 2.29. The van der Waals surface area contributed by atoms with E-state index in [0.29, 0.717) is 5.88 Å². The standard InChI is InChI=1S/C12H15Cl2NO/c13-9-10-11(14)3-1-4-12(10)15-5-2-7-16-8-6-15/h1,3-4H,2,5-9H2. The maximum absolute atomic E-state index is 6.15. The normalized spacial score (nSPS) is 17.2. The molecule has 1 aliphatic heterocycles. The average Bonchev–Trinajstić information content (AvgIpc) is 2.57. The minimum Gasteiger partial charge on any atom is -0.380 e. The van der Waals surface area contributed by atoms with Gasteiger partial charge in [0.05, 0.1) is 12.5 Å². The Balaban J connectivity index is 2.27. The lowest BCUT2D eigenvalue weighted by Gasteiger charge is -2.24. The smallest absolute Gasteiger partial charge is 0.0641 e. The van der Waals surface area contributed by atoms with E-state index in [2.05, 4.69) is 11.0 Å². The Kier molecular flexibility index (Phi) is 4.33. The SMILES string of the molecule is ClCc1c(Cl)cccc1N1CCCOCC1. The summed E-state index contributed by atoms with van der Waals surface area (Å²) in [5.74, 6) is 0.451. The van der Waals surface area contributed by atoms with Crippen LogP contribution in [0.15, 0.2) is 18.2 Å². The lowest BCUT2D eigenvalue weighted by atomic mass is 10.1. The summed E-state index contributed by atoms with van der Waals surface area (Å²) in [5.41, 5.74) is 2.17. The highest BCUT2D eigenvalue weighted by molar-refractivity contribution is 6.32. The lowest BCUT2D eigenvalue weighted by molar-refractivity contribution is 0.152. The van der Waals surface area contributed by atoms with Crippen molar-refractivity contribution in [1.29, 1.82) is 0 Å². The molecular formula is C12H15Cl2NO. The van der Waals surface area contributed by atoms with Crippen LogP contribution in [-0.2, 0) is 10.6 Å². The minimum atomic E-state index is 0.451. The van der Waals surface area contributed by atoms with Crippen molar-refractivity contribution in [2.24, 2.45) is 0 Å². The van der Waals surface area contributed by atoms with Gasteiger partial charge in [0.1, 0.15) is 0 Å². The van der Waals surface area contributed by atoms with Crippen LogP contribution in [0, 0.1) is 0 Å². The topological polar surface area (TPSA) is 12.5 Å². The molecule has 0 bridgehead atoms. The van der Waals surface area contributed by atoms with Crippen molar-refractivity contribution in [3.63, 3.8) is 0 Å². The number of alkyl halides is 1. The maximum Gasteiger partial charge on any atom is 0.0641 e. The fourth-order valence-electron chi connectivity index (χ4n) is 1.96. The molecule has 0 spiro atoms. The van der Waals surface area contributed by atoms with Crippen LogP contribution < -0.4 is 4.90 Å². The van der Waals surface area contributed by atoms with Crippen molar-refractivity contribution in [3.05, 3.63) is 28.8 Å². The van der Waals surface area contributed by atoms with Gasteiger partial charge in [-0.1, -0.05) is 17.7 Å². The van der Waals surface area contributed by atoms with Gasteiger partial charge in [0, 0.05) is 36.0 Å². The van der Waals surface area contributed by atoms with E-state index in [1.807, 2.05) is 12.1 Å². The second-order valence-corrected chi connectivity index (χ2v) is 4.50. The quantitative estimate of drug-likeness (QED) is 0.756. The number of rotatable bonds is 2. The molecule has 0 unspecified atom stereocenters. The van der Waals surface area contributed by atoms with Crippen LogP contribution in [-0.4, -0.2) is 26.3 Å². The van der Waals surface area contributed by atoms with Crippen molar-refractivity contribution >= 4 is 28.9 Å². The first-order valence-corrected chi connectivity index (χ1v) is 6.40. The third kappa shape index (κ3) is 2.62. The van der Waals surface area contributed by atoms with Gasteiger partial charge in [0.25, 0.3) is 0 Å². The van der Waals surface area contributed by atoms with E-state index in [9.17, 15) is 0 Å². The summed E-state index contributed by atoms with van der Waals surface area (Å²) in [6, 6.07) is 5.94. The van der Waals surface area contributed by atoms with Crippen LogP contribution >= 0.6 is 23.2 Å². The van der Waals surface area contributed by atoms with Gasteiger partial charge < -0.3 is 9.64 Å². The number of halogens is 2. The van der Waals surface area contributed by atoms with Gasteiger partial charge in [-0.15, -0.1) is 11.6 Å². The number of ether oxygens (including phenoxy) is 1. The van der Waals surface area contributed by atoms with Crippen molar-refractivity contribution in [3.8, 4) is 0 Å². The molecule has 0 N–H and O–H groups in total. The number of benzene rings is 1. The lowest BCUT2D eigenvalue weighted by Crippen LogP contribution is -2.26. The van der Waals surface area contributed by atoms with Gasteiger partial charge in [0.2, 0.25) is 0 Å². The summed E-state index contributed by atoms with van der Waals surface area (Å²) in [4.78, 5) is 2.30. The summed E-state index contributed by atoms with van der Waals surface area (Å²) < 4.78 is 5.44. The second-order valence-electron chi connectivity index (χ2n) is 3.82. The molecule has 0 amide bonds. The van der Waals surface area contributed by atoms with Crippen molar-refractivity contribution in [2.75, 3.05) is 31.2 Å². The van der Waals surface area contributed by atoms with Gasteiger partial charge in [0.15, 0.2) is 0 Å². The van der Waals surface area contributed by atoms with Crippen molar-refractivity contribution < 1.29 is 4.74 Å². The molecule has 1 heterocycles. The van der Waals surface area contributed by atoms with E-state index in [0.717, 1.165) is 49.0 Å². The highest BCUT2D eigenvalue weighted by atomic mass is 35.5. The first-order valence-electron chi connectivity index (χ1n) is 5.49. The fourth-order valence-corrected chi connectivity index (χ4v) is 2.55. The molecule has 0 aromatic heterocycles. The van der Waals surface area contributed by atoms with Gasteiger partial charge in [-0.3, -0.25) is 0 Å². The summed E-state index contributed by atoms with van der Waals surface area (Å²) in [5, 5.41) is 0.748. The molecule has 2 rings (SSSR count). The molecule has 1 aliphatic rings. The van der Waals surface area contributed by atoms with E-state index in [4.69, 9.17) is 27.9 Å². The molecule has 16 heavy (non-hydrogen) atoms.